The summed E-state index contributed by atoms with van der Waals surface area (Å²) in [5.74, 6) is -0.820. The number of nitrogens with one attached hydrogen (secondary N) is 1. The molecule has 4 aromatic rings. The minimum absolute atomic E-state index is 0.00506. The molecule has 0 aliphatic rings. The normalized spacial score (nSPS) is 11.9. The van der Waals surface area contributed by atoms with Crippen LogP contribution in [0.2, 0.25) is 5.02 Å². The number of amides is 2. The molecule has 7 nitrogen and oxygen atoms in total. The van der Waals surface area contributed by atoms with Crippen molar-refractivity contribution in [3.05, 3.63) is 130 Å². The molecule has 0 bridgehead atoms. The SMILES string of the molecule is CCCNC(=O)C(Cc1ccccc1)N(Cc1ccc(Br)cc1)C(=O)CN(c1ccccc1)S(=O)(=O)c1ccc(Cl)cc1. The summed E-state index contributed by atoms with van der Waals surface area (Å²) in [6.45, 7) is 1.99. The van der Waals surface area contributed by atoms with Crippen LogP contribution in [-0.4, -0.2) is 44.3 Å². The van der Waals surface area contributed by atoms with Gasteiger partial charge in [0.1, 0.15) is 12.6 Å². The maximum atomic E-state index is 14.3. The monoisotopic (exact) mass is 681 g/mol. The van der Waals surface area contributed by atoms with E-state index in [9.17, 15) is 18.0 Å². The molecule has 0 saturated carbocycles. The summed E-state index contributed by atoms with van der Waals surface area (Å²) in [7, 11) is -4.18. The zero-order valence-electron chi connectivity index (χ0n) is 23.7. The first-order valence-corrected chi connectivity index (χ1v) is 16.5. The molecular formula is C33H33BrClN3O4S. The molecule has 4 aromatic carbocycles. The second kappa shape index (κ2) is 15.2. The van der Waals surface area contributed by atoms with E-state index in [2.05, 4.69) is 21.2 Å². The Hall–Kier alpha value is -3.66. The summed E-state index contributed by atoms with van der Waals surface area (Å²) in [5.41, 5.74) is 2.00. The van der Waals surface area contributed by atoms with Crippen LogP contribution in [0.5, 0.6) is 0 Å². The van der Waals surface area contributed by atoms with Crippen LogP contribution in [0.25, 0.3) is 0 Å². The Morgan fingerprint density at radius 1 is 0.837 bits per heavy atom. The van der Waals surface area contributed by atoms with Gasteiger partial charge in [0.05, 0.1) is 10.6 Å². The maximum absolute atomic E-state index is 14.3. The van der Waals surface area contributed by atoms with Crippen molar-refractivity contribution in [1.29, 1.82) is 0 Å². The molecule has 224 valence electrons. The topological polar surface area (TPSA) is 86.8 Å². The van der Waals surface area contributed by atoms with Crippen molar-refractivity contribution in [2.45, 2.75) is 37.2 Å². The third kappa shape index (κ3) is 8.69. The highest BCUT2D eigenvalue weighted by Gasteiger charge is 2.34. The highest BCUT2D eigenvalue weighted by atomic mass is 79.9. The molecule has 1 N–H and O–H groups in total. The van der Waals surface area contributed by atoms with Gasteiger partial charge in [0.2, 0.25) is 11.8 Å². The summed E-state index contributed by atoms with van der Waals surface area (Å²) >= 11 is 9.47. The molecule has 0 heterocycles. The number of benzene rings is 4. The van der Waals surface area contributed by atoms with E-state index in [-0.39, 0.29) is 23.8 Å². The van der Waals surface area contributed by atoms with Crippen molar-refractivity contribution < 1.29 is 18.0 Å². The third-order valence-electron chi connectivity index (χ3n) is 6.81. The highest BCUT2D eigenvalue weighted by molar-refractivity contribution is 9.10. The molecule has 0 radical (unpaired) electrons. The van der Waals surface area contributed by atoms with Crippen LogP contribution >= 0.6 is 27.5 Å². The average Bonchev–Trinajstić information content (AvgIpc) is 3.02. The fourth-order valence-corrected chi connectivity index (χ4v) is 6.37. The lowest BCUT2D eigenvalue weighted by molar-refractivity contribution is -0.140. The Morgan fingerprint density at radius 3 is 2.05 bits per heavy atom. The lowest BCUT2D eigenvalue weighted by atomic mass is 10.0. The zero-order chi connectivity index (χ0) is 30.8. The first-order valence-electron chi connectivity index (χ1n) is 13.9. The Morgan fingerprint density at radius 2 is 1.44 bits per heavy atom. The minimum Gasteiger partial charge on any atom is -0.354 e. The van der Waals surface area contributed by atoms with Gasteiger partial charge in [-0.15, -0.1) is 0 Å². The smallest absolute Gasteiger partial charge is 0.264 e. The van der Waals surface area contributed by atoms with E-state index in [4.69, 9.17) is 11.6 Å². The van der Waals surface area contributed by atoms with Crippen LogP contribution in [0.4, 0.5) is 5.69 Å². The van der Waals surface area contributed by atoms with E-state index < -0.39 is 28.5 Å². The predicted molar refractivity (Wildman–Crippen MR) is 174 cm³/mol. The van der Waals surface area contributed by atoms with Crippen LogP contribution in [-0.2, 0) is 32.6 Å². The van der Waals surface area contributed by atoms with Gasteiger partial charge in [-0.1, -0.05) is 95.1 Å². The first kappa shape index (κ1) is 32.3. The van der Waals surface area contributed by atoms with Gasteiger partial charge >= 0.3 is 0 Å². The summed E-state index contributed by atoms with van der Waals surface area (Å²) < 4.78 is 29.9. The molecule has 1 atom stereocenters. The summed E-state index contributed by atoms with van der Waals surface area (Å²) in [5, 5.41) is 3.34. The van der Waals surface area contributed by atoms with Gasteiger partial charge in [0.25, 0.3) is 10.0 Å². The van der Waals surface area contributed by atoms with Crippen molar-refractivity contribution >= 4 is 55.1 Å². The molecule has 0 aliphatic heterocycles. The molecule has 4 rings (SSSR count). The Kier molecular flexibility index (Phi) is 11.4. The molecule has 10 heteroatoms. The van der Waals surface area contributed by atoms with Crippen molar-refractivity contribution in [3.8, 4) is 0 Å². The van der Waals surface area contributed by atoms with Gasteiger partial charge in [0, 0.05) is 29.0 Å². The number of para-hydroxylation sites is 1. The van der Waals surface area contributed by atoms with Crippen LogP contribution < -0.4 is 9.62 Å². The fourth-order valence-electron chi connectivity index (χ4n) is 4.56. The lowest BCUT2D eigenvalue weighted by Crippen LogP contribution is -2.53. The molecular weight excluding hydrogens is 650 g/mol. The molecule has 0 saturated heterocycles. The van der Waals surface area contributed by atoms with E-state index in [1.165, 1.54) is 29.2 Å². The van der Waals surface area contributed by atoms with E-state index in [1.807, 2.05) is 61.5 Å². The minimum atomic E-state index is -4.18. The molecule has 1 unspecified atom stereocenters. The maximum Gasteiger partial charge on any atom is 0.264 e. The highest BCUT2D eigenvalue weighted by Crippen LogP contribution is 2.26. The van der Waals surface area contributed by atoms with Crippen LogP contribution in [0.3, 0.4) is 0 Å². The number of halogens is 2. The third-order valence-corrected chi connectivity index (χ3v) is 9.38. The predicted octanol–water partition coefficient (Wildman–Crippen LogP) is 6.46. The summed E-state index contributed by atoms with van der Waals surface area (Å²) in [6.07, 6.45) is 0.986. The van der Waals surface area contributed by atoms with E-state index >= 15 is 0 Å². The van der Waals surface area contributed by atoms with Gasteiger partial charge in [-0.05, 0) is 66.1 Å². The number of hydrogen-bond acceptors (Lipinski definition) is 4. The number of carbonyl (C=O) groups excluding carboxylic acids is 2. The standard InChI is InChI=1S/C33H33BrClN3O4S/c1-2-21-36-33(40)31(22-25-9-5-3-6-10-25)37(23-26-13-15-27(34)16-14-26)32(39)24-38(29-11-7-4-8-12-29)43(41,42)30-19-17-28(35)18-20-30/h3-20,31H,2,21-24H2,1H3,(H,36,40). The van der Waals surface area contributed by atoms with E-state index in [0.29, 0.717) is 17.3 Å². The second-order valence-corrected chi connectivity index (χ2v) is 13.2. The van der Waals surface area contributed by atoms with Crippen molar-refractivity contribution in [1.82, 2.24) is 10.2 Å². The summed E-state index contributed by atoms with van der Waals surface area (Å²) in [6, 6.07) is 30.3. The average molecular weight is 683 g/mol. The zero-order valence-corrected chi connectivity index (χ0v) is 26.9. The van der Waals surface area contributed by atoms with Crippen molar-refractivity contribution in [2.75, 3.05) is 17.4 Å². The van der Waals surface area contributed by atoms with Gasteiger partial charge in [-0.25, -0.2) is 8.42 Å². The van der Waals surface area contributed by atoms with E-state index in [1.54, 1.807) is 30.3 Å². The van der Waals surface area contributed by atoms with Gasteiger partial charge in [-0.3, -0.25) is 13.9 Å². The summed E-state index contributed by atoms with van der Waals surface area (Å²) in [4.78, 5) is 29.5. The number of hydrogen-bond donors (Lipinski definition) is 1. The molecule has 2 amide bonds. The van der Waals surface area contributed by atoms with Gasteiger partial charge in [-0.2, -0.15) is 0 Å². The van der Waals surface area contributed by atoms with E-state index in [0.717, 1.165) is 26.3 Å². The number of anilines is 1. The largest absolute Gasteiger partial charge is 0.354 e. The molecule has 0 spiro atoms. The van der Waals surface area contributed by atoms with Crippen LogP contribution in [0.1, 0.15) is 24.5 Å². The molecule has 43 heavy (non-hydrogen) atoms. The van der Waals surface area contributed by atoms with Crippen molar-refractivity contribution in [3.63, 3.8) is 0 Å². The Bertz CT molecular complexity index is 1600. The molecule has 0 aromatic heterocycles. The van der Waals surface area contributed by atoms with Crippen molar-refractivity contribution in [2.24, 2.45) is 0 Å². The Labute approximate surface area is 266 Å². The molecule has 0 aliphatic carbocycles. The lowest BCUT2D eigenvalue weighted by Gasteiger charge is -2.34. The number of rotatable bonds is 13. The van der Waals surface area contributed by atoms with Crippen LogP contribution in [0.15, 0.2) is 119 Å². The molecule has 0 fully saturated rings. The first-order chi connectivity index (χ1) is 20.7. The Balaban J connectivity index is 1.77. The number of carbonyl (C=O) groups is 2. The second-order valence-electron chi connectivity index (χ2n) is 9.95. The quantitative estimate of drug-likeness (QED) is 0.175. The number of sulfonamides is 1. The van der Waals surface area contributed by atoms with Crippen LogP contribution in [0, 0.1) is 0 Å². The number of nitrogens with zero attached hydrogens (tertiary/aromatic N) is 2. The fraction of sp³-hybridized carbons (Fsp3) is 0.212. The van der Waals surface area contributed by atoms with Gasteiger partial charge in [0.15, 0.2) is 0 Å². The van der Waals surface area contributed by atoms with Gasteiger partial charge < -0.3 is 10.2 Å².